The van der Waals surface area contributed by atoms with E-state index in [-0.39, 0.29) is 0 Å². The van der Waals surface area contributed by atoms with E-state index in [1.807, 2.05) is 0 Å². The molecule has 78 valence electrons. The van der Waals surface area contributed by atoms with Crippen LogP contribution in [0, 0.1) is 0 Å². The van der Waals surface area contributed by atoms with Crippen LogP contribution in [-0.4, -0.2) is 0 Å². The Morgan fingerprint density at radius 1 is 0.938 bits per heavy atom. The molecule has 0 heteroatoms. The number of rotatable bonds is 1. The van der Waals surface area contributed by atoms with Gasteiger partial charge in [0, 0.05) is 0 Å². The van der Waals surface area contributed by atoms with Crippen LogP contribution in [0.5, 0.6) is 0 Å². The second-order valence-electron chi connectivity index (χ2n) is 4.21. The molecule has 0 spiro atoms. The first kappa shape index (κ1) is 9.41. The lowest BCUT2D eigenvalue weighted by atomic mass is 10.0. The molecule has 0 saturated heterocycles. The summed E-state index contributed by atoms with van der Waals surface area (Å²) in [5.74, 6) is 0. The quantitative estimate of drug-likeness (QED) is 0.557. The van der Waals surface area contributed by atoms with Gasteiger partial charge in [-0.25, -0.2) is 0 Å². The summed E-state index contributed by atoms with van der Waals surface area (Å²) in [5, 5.41) is 0. The van der Waals surface area contributed by atoms with E-state index >= 15 is 0 Å². The van der Waals surface area contributed by atoms with Crippen LogP contribution in [0.1, 0.15) is 23.6 Å². The van der Waals surface area contributed by atoms with Crippen LogP contribution >= 0.6 is 0 Å². The minimum absolute atomic E-state index is 1.08. The third-order valence-corrected chi connectivity index (χ3v) is 3.23. The highest BCUT2D eigenvalue weighted by atomic mass is 14.2. The fourth-order valence-electron chi connectivity index (χ4n) is 2.52. The van der Waals surface area contributed by atoms with Crippen molar-refractivity contribution in [3.63, 3.8) is 0 Å². The van der Waals surface area contributed by atoms with Gasteiger partial charge in [-0.1, -0.05) is 54.6 Å². The average molecular weight is 206 g/mol. The van der Waals surface area contributed by atoms with Crippen LogP contribution in [0.2, 0.25) is 0 Å². The molecule has 2 aromatic rings. The van der Waals surface area contributed by atoms with E-state index in [1.165, 1.54) is 27.8 Å². The zero-order chi connectivity index (χ0) is 11.0. The predicted molar refractivity (Wildman–Crippen MR) is 69.4 cm³/mol. The number of hydrogen-bond acceptors (Lipinski definition) is 0. The molecular weight excluding hydrogens is 192 g/mol. The minimum atomic E-state index is 1.08. The normalized spacial score (nSPS) is 12.8. The SMILES string of the molecule is C/C=C\c1cccc2c1Cc1ccccc1-2. The van der Waals surface area contributed by atoms with Gasteiger partial charge in [0.2, 0.25) is 0 Å². The number of benzene rings is 2. The second-order valence-corrected chi connectivity index (χ2v) is 4.21. The first-order chi connectivity index (χ1) is 7.90. The Balaban J connectivity index is 2.23. The highest BCUT2D eigenvalue weighted by molar-refractivity contribution is 5.80. The number of allylic oxidation sites excluding steroid dienone is 1. The topological polar surface area (TPSA) is 0 Å². The van der Waals surface area contributed by atoms with Gasteiger partial charge in [-0.05, 0) is 41.2 Å². The van der Waals surface area contributed by atoms with E-state index in [0.29, 0.717) is 0 Å². The Morgan fingerprint density at radius 3 is 2.62 bits per heavy atom. The fourth-order valence-corrected chi connectivity index (χ4v) is 2.52. The molecule has 3 rings (SSSR count). The van der Waals surface area contributed by atoms with Crippen molar-refractivity contribution in [1.82, 2.24) is 0 Å². The molecule has 1 aliphatic carbocycles. The van der Waals surface area contributed by atoms with Gasteiger partial charge in [0.1, 0.15) is 0 Å². The summed E-state index contributed by atoms with van der Waals surface area (Å²) in [6.07, 6.45) is 5.38. The lowest BCUT2D eigenvalue weighted by Gasteiger charge is -2.03. The second kappa shape index (κ2) is 3.64. The van der Waals surface area contributed by atoms with Crippen LogP contribution in [-0.2, 0) is 6.42 Å². The molecule has 2 aromatic carbocycles. The van der Waals surface area contributed by atoms with E-state index < -0.39 is 0 Å². The van der Waals surface area contributed by atoms with E-state index in [1.54, 1.807) is 0 Å². The first-order valence-corrected chi connectivity index (χ1v) is 5.73. The molecule has 0 unspecified atom stereocenters. The van der Waals surface area contributed by atoms with Gasteiger partial charge in [0.15, 0.2) is 0 Å². The Morgan fingerprint density at radius 2 is 1.75 bits per heavy atom. The summed E-state index contributed by atoms with van der Waals surface area (Å²) in [7, 11) is 0. The highest BCUT2D eigenvalue weighted by Gasteiger charge is 2.18. The summed E-state index contributed by atoms with van der Waals surface area (Å²) in [4.78, 5) is 0. The fraction of sp³-hybridized carbons (Fsp3) is 0.125. The van der Waals surface area contributed by atoms with Crippen molar-refractivity contribution < 1.29 is 0 Å². The van der Waals surface area contributed by atoms with Crippen molar-refractivity contribution >= 4 is 6.08 Å². The van der Waals surface area contributed by atoms with Gasteiger partial charge in [-0.3, -0.25) is 0 Å². The summed E-state index contributed by atoms with van der Waals surface area (Å²) in [6.45, 7) is 2.07. The summed E-state index contributed by atoms with van der Waals surface area (Å²) >= 11 is 0. The molecule has 16 heavy (non-hydrogen) atoms. The van der Waals surface area contributed by atoms with Gasteiger partial charge in [-0.15, -0.1) is 0 Å². The van der Waals surface area contributed by atoms with Gasteiger partial charge in [0.25, 0.3) is 0 Å². The molecule has 0 aromatic heterocycles. The zero-order valence-electron chi connectivity index (χ0n) is 9.40. The molecule has 0 atom stereocenters. The smallest absolute Gasteiger partial charge is 0.000751 e. The first-order valence-electron chi connectivity index (χ1n) is 5.73. The predicted octanol–water partition coefficient (Wildman–Crippen LogP) is 4.29. The third kappa shape index (κ3) is 1.30. The zero-order valence-corrected chi connectivity index (χ0v) is 9.40. The molecule has 0 bridgehead atoms. The molecule has 0 fully saturated rings. The van der Waals surface area contributed by atoms with Crippen molar-refractivity contribution in [2.45, 2.75) is 13.3 Å². The Labute approximate surface area is 96.3 Å². The lowest BCUT2D eigenvalue weighted by molar-refractivity contribution is 1.25. The van der Waals surface area contributed by atoms with Gasteiger partial charge in [-0.2, -0.15) is 0 Å². The molecule has 0 amide bonds. The monoisotopic (exact) mass is 206 g/mol. The van der Waals surface area contributed by atoms with Crippen molar-refractivity contribution in [2.75, 3.05) is 0 Å². The lowest BCUT2D eigenvalue weighted by Crippen LogP contribution is -1.85. The highest BCUT2D eigenvalue weighted by Crippen LogP contribution is 2.38. The standard InChI is InChI=1S/C16H14/c1-2-6-12-8-5-10-15-14-9-4-3-7-13(14)11-16(12)15/h2-10H,11H2,1H3/b6-2-. The maximum absolute atomic E-state index is 2.23. The van der Waals surface area contributed by atoms with E-state index in [4.69, 9.17) is 0 Å². The summed E-state index contributed by atoms with van der Waals surface area (Å²) in [5.41, 5.74) is 7.10. The van der Waals surface area contributed by atoms with Crippen LogP contribution < -0.4 is 0 Å². The molecule has 0 nitrogen and oxygen atoms in total. The van der Waals surface area contributed by atoms with Gasteiger partial charge in [0.05, 0.1) is 0 Å². The average Bonchev–Trinajstić information content (AvgIpc) is 2.69. The molecule has 0 saturated carbocycles. The van der Waals surface area contributed by atoms with Crippen molar-refractivity contribution in [3.8, 4) is 11.1 Å². The van der Waals surface area contributed by atoms with Crippen molar-refractivity contribution in [3.05, 3.63) is 65.2 Å². The number of fused-ring (bicyclic) bond motifs is 3. The van der Waals surface area contributed by atoms with Crippen LogP contribution in [0.3, 0.4) is 0 Å². The van der Waals surface area contributed by atoms with Crippen molar-refractivity contribution in [1.29, 1.82) is 0 Å². The van der Waals surface area contributed by atoms with Crippen LogP contribution in [0.25, 0.3) is 17.2 Å². The Kier molecular flexibility index (Phi) is 2.14. The Hall–Kier alpha value is -1.82. The van der Waals surface area contributed by atoms with Gasteiger partial charge < -0.3 is 0 Å². The summed E-state index contributed by atoms with van der Waals surface area (Å²) in [6, 6.07) is 15.3. The molecule has 0 heterocycles. The van der Waals surface area contributed by atoms with Gasteiger partial charge >= 0.3 is 0 Å². The molecule has 0 N–H and O–H groups in total. The number of hydrogen-bond donors (Lipinski definition) is 0. The molecule has 0 radical (unpaired) electrons. The van der Waals surface area contributed by atoms with Crippen molar-refractivity contribution in [2.24, 2.45) is 0 Å². The largest absolute Gasteiger partial charge is 0.0871 e. The molecule has 1 aliphatic rings. The third-order valence-electron chi connectivity index (χ3n) is 3.23. The summed E-state index contributed by atoms with van der Waals surface area (Å²) < 4.78 is 0. The molecule has 0 aliphatic heterocycles. The van der Waals surface area contributed by atoms with Crippen LogP contribution in [0.15, 0.2) is 48.5 Å². The molecular formula is C16H14. The Bertz CT molecular complexity index is 562. The maximum atomic E-state index is 2.23. The van der Waals surface area contributed by atoms with E-state index in [2.05, 4.69) is 61.5 Å². The minimum Gasteiger partial charge on any atom is -0.0871 e. The maximum Gasteiger partial charge on any atom is -0.000751 e. The van der Waals surface area contributed by atoms with E-state index in [0.717, 1.165) is 6.42 Å². The van der Waals surface area contributed by atoms with Crippen LogP contribution in [0.4, 0.5) is 0 Å². The van der Waals surface area contributed by atoms with E-state index in [9.17, 15) is 0 Å².